The van der Waals surface area contributed by atoms with Crippen molar-refractivity contribution < 1.29 is 9.90 Å². The van der Waals surface area contributed by atoms with E-state index in [1.54, 1.807) is 12.1 Å². The number of carboxylic acids is 1. The van der Waals surface area contributed by atoms with Gasteiger partial charge in [0.15, 0.2) is 0 Å². The second kappa shape index (κ2) is 3.46. The minimum absolute atomic E-state index is 0.232. The molecule has 0 atom stereocenters. The van der Waals surface area contributed by atoms with Crippen LogP contribution in [0.2, 0.25) is 0 Å². The molecule has 0 unspecified atom stereocenters. The molecule has 1 aromatic carbocycles. The molecule has 2 rings (SSSR count). The average Bonchev–Trinajstić information content (AvgIpc) is 2.23. The summed E-state index contributed by atoms with van der Waals surface area (Å²) >= 11 is 0. The Labute approximate surface area is 88.7 Å². The molecule has 0 saturated carbocycles. The Balaban J connectivity index is 2.49. The fourth-order valence-electron chi connectivity index (χ4n) is 1.82. The molecule has 4 heteroatoms. The van der Waals surface area contributed by atoms with Gasteiger partial charge < -0.3 is 19.7 Å². The van der Waals surface area contributed by atoms with Crippen molar-refractivity contribution in [3.05, 3.63) is 23.8 Å². The predicted octanol–water partition coefficient (Wildman–Crippen LogP) is -0.0639. The summed E-state index contributed by atoms with van der Waals surface area (Å²) in [6.45, 7) is 1.86. The molecule has 0 spiro atoms. The molecule has 4 nitrogen and oxygen atoms in total. The van der Waals surface area contributed by atoms with Crippen molar-refractivity contribution in [1.82, 2.24) is 0 Å². The topological polar surface area (TPSA) is 46.6 Å². The highest BCUT2D eigenvalue weighted by molar-refractivity contribution is 5.90. The summed E-state index contributed by atoms with van der Waals surface area (Å²) in [6, 6.07) is 5.08. The van der Waals surface area contributed by atoms with Gasteiger partial charge in [-0.1, -0.05) is 6.07 Å². The lowest BCUT2D eigenvalue weighted by Gasteiger charge is -2.35. The van der Waals surface area contributed by atoms with E-state index in [4.69, 9.17) is 0 Å². The number of fused-ring (bicyclic) bond motifs is 1. The predicted molar refractivity (Wildman–Crippen MR) is 57.3 cm³/mol. The fraction of sp³-hybridized carbons (Fsp3) is 0.364. The zero-order valence-electron chi connectivity index (χ0n) is 8.86. The van der Waals surface area contributed by atoms with Gasteiger partial charge in [-0.25, -0.2) is 0 Å². The highest BCUT2D eigenvalue weighted by Crippen LogP contribution is 2.31. The Hall–Kier alpha value is -1.71. The van der Waals surface area contributed by atoms with Crippen LogP contribution in [0.3, 0.4) is 0 Å². The fourth-order valence-corrected chi connectivity index (χ4v) is 1.82. The van der Waals surface area contributed by atoms with Crippen molar-refractivity contribution in [2.75, 3.05) is 37.0 Å². The maximum atomic E-state index is 10.7. The van der Waals surface area contributed by atoms with Gasteiger partial charge in [0, 0.05) is 27.2 Å². The Bertz CT molecular complexity index is 404. The molecule has 1 aliphatic rings. The number of carboxylic acid groups (broad SMARTS) is 1. The van der Waals surface area contributed by atoms with E-state index in [9.17, 15) is 9.90 Å². The molecule has 0 bridgehead atoms. The van der Waals surface area contributed by atoms with E-state index in [1.165, 1.54) is 0 Å². The summed E-state index contributed by atoms with van der Waals surface area (Å²) in [5.41, 5.74) is 2.25. The lowest BCUT2D eigenvalue weighted by molar-refractivity contribution is -0.255. The number of carbonyl (C=O) groups excluding carboxylic acids is 1. The highest BCUT2D eigenvalue weighted by atomic mass is 16.4. The number of anilines is 2. The monoisotopic (exact) mass is 205 g/mol. The van der Waals surface area contributed by atoms with Crippen molar-refractivity contribution in [2.24, 2.45) is 0 Å². The summed E-state index contributed by atoms with van der Waals surface area (Å²) in [6.07, 6.45) is 0. The first-order chi connectivity index (χ1) is 7.09. The number of carbonyl (C=O) groups is 1. The number of benzene rings is 1. The van der Waals surface area contributed by atoms with Crippen LogP contribution >= 0.6 is 0 Å². The third-order valence-electron chi connectivity index (χ3n) is 2.80. The van der Waals surface area contributed by atoms with Gasteiger partial charge in [0.05, 0.1) is 17.3 Å². The van der Waals surface area contributed by atoms with E-state index in [2.05, 4.69) is 9.80 Å². The van der Waals surface area contributed by atoms with Crippen LogP contribution in [0.4, 0.5) is 11.4 Å². The molecule has 0 aliphatic carbocycles. The van der Waals surface area contributed by atoms with Gasteiger partial charge in [0.2, 0.25) is 0 Å². The molecule has 0 fully saturated rings. The molecule has 0 amide bonds. The zero-order valence-corrected chi connectivity index (χ0v) is 8.86. The first-order valence-electron chi connectivity index (χ1n) is 4.87. The normalized spacial score (nSPS) is 15.1. The van der Waals surface area contributed by atoms with Crippen LogP contribution in [0.15, 0.2) is 18.2 Å². The van der Waals surface area contributed by atoms with Crippen molar-refractivity contribution in [3.8, 4) is 0 Å². The van der Waals surface area contributed by atoms with E-state index < -0.39 is 5.97 Å². The Morgan fingerprint density at radius 3 is 2.40 bits per heavy atom. The summed E-state index contributed by atoms with van der Waals surface area (Å²) < 4.78 is 0. The van der Waals surface area contributed by atoms with Crippen LogP contribution in [0.25, 0.3) is 0 Å². The maximum Gasteiger partial charge on any atom is 0.0716 e. The van der Waals surface area contributed by atoms with Gasteiger partial charge >= 0.3 is 0 Å². The van der Waals surface area contributed by atoms with Crippen LogP contribution in [0, 0.1) is 0 Å². The first-order valence-corrected chi connectivity index (χ1v) is 4.87. The largest absolute Gasteiger partial charge is 0.545 e. The van der Waals surface area contributed by atoms with Crippen molar-refractivity contribution >= 4 is 17.3 Å². The smallest absolute Gasteiger partial charge is 0.0716 e. The van der Waals surface area contributed by atoms with E-state index in [0.29, 0.717) is 0 Å². The van der Waals surface area contributed by atoms with Crippen molar-refractivity contribution in [2.45, 2.75) is 0 Å². The van der Waals surface area contributed by atoms with Gasteiger partial charge in [-0.2, -0.15) is 0 Å². The number of hydrogen-bond acceptors (Lipinski definition) is 4. The van der Waals surface area contributed by atoms with Gasteiger partial charge in [0.25, 0.3) is 0 Å². The molecule has 1 heterocycles. The van der Waals surface area contributed by atoms with Gasteiger partial charge in [-0.15, -0.1) is 0 Å². The maximum absolute atomic E-state index is 10.7. The van der Waals surface area contributed by atoms with Crippen LogP contribution in [0.1, 0.15) is 10.4 Å². The molecule has 15 heavy (non-hydrogen) atoms. The van der Waals surface area contributed by atoms with Gasteiger partial charge in [-0.3, -0.25) is 0 Å². The number of aromatic carboxylic acids is 1. The molecule has 0 radical (unpaired) electrons. The van der Waals surface area contributed by atoms with Crippen LogP contribution in [0.5, 0.6) is 0 Å². The number of rotatable bonds is 1. The minimum Gasteiger partial charge on any atom is -0.545 e. The molecule has 80 valence electrons. The standard InChI is InChI=1S/C11H14N2O2/c1-12-5-6-13(2)10-7-8(11(14)15)3-4-9(10)12/h3-4,7H,5-6H2,1-2H3,(H,14,15)/p-1. The van der Waals surface area contributed by atoms with Gasteiger partial charge in [0.1, 0.15) is 0 Å². The average molecular weight is 205 g/mol. The first kappa shape index (κ1) is 9.83. The molecule has 1 aliphatic heterocycles. The molecule has 0 aromatic heterocycles. The van der Waals surface area contributed by atoms with Gasteiger partial charge in [-0.05, 0) is 17.7 Å². The van der Waals surface area contributed by atoms with E-state index in [1.807, 2.05) is 20.2 Å². The third kappa shape index (κ3) is 1.63. The van der Waals surface area contributed by atoms with Crippen LogP contribution in [-0.4, -0.2) is 33.2 Å². The van der Waals surface area contributed by atoms with Crippen LogP contribution < -0.4 is 14.9 Å². The molecular weight excluding hydrogens is 192 g/mol. The van der Waals surface area contributed by atoms with Crippen molar-refractivity contribution in [3.63, 3.8) is 0 Å². The summed E-state index contributed by atoms with van der Waals surface area (Å²) in [5, 5.41) is 10.7. The summed E-state index contributed by atoms with van der Waals surface area (Å²) in [5.74, 6) is -1.13. The van der Waals surface area contributed by atoms with E-state index >= 15 is 0 Å². The van der Waals surface area contributed by atoms with E-state index in [-0.39, 0.29) is 5.56 Å². The number of likely N-dealkylation sites (N-methyl/N-ethyl adjacent to an activating group) is 2. The number of hydrogen-bond donors (Lipinski definition) is 0. The molecule has 0 N–H and O–H groups in total. The Morgan fingerprint density at radius 1 is 1.20 bits per heavy atom. The second-order valence-electron chi connectivity index (χ2n) is 3.83. The van der Waals surface area contributed by atoms with Crippen LogP contribution in [-0.2, 0) is 0 Å². The molecule has 1 aromatic rings. The molecular formula is C11H13N2O2-. The Kier molecular flexibility index (Phi) is 2.26. The highest BCUT2D eigenvalue weighted by Gasteiger charge is 2.17. The lowest BCUT2D eigenvalue weighted by Crippen LogP contribution is -2.37. The van der Waals surface area contributed by atoms with Crippen molar-refractivity contribution in [1.29, 1.82) is 0 Å². The zero-order chi connectivity index (χ0) is 11.0. The molecule has 0 saturated heterocycles. The summed E-state index contributed by atoms with van der Waals surface area (Å²) in [7, 11) is 3.97. The summed E-state index contributed by atoms with van der Waals surface area (Å²) in [4.78, 5) is 14.9. The lowest BCUT2D eigenvalue weighted by atomic mass is 10.1. The quantitative estimate of drug-likeness (QED) is 0.644. The Morgan fingerprint density at radius 2 is 1.80 bits per heavy atom. The second-order valence-corrected chi connectivity index (χ2v) is 3.83. The SMILES string of the molecule is CN1CCN(C)c2cc(C(=O)[O-])ccc21. The minimum atomic E-state index is -1.13. The van der Waals surface area contributed by atoms with E-state index in [0.717, 1.165) is 24.5 Å². The third-order valence-corrected chi connectivity index (χ3v) is 2.80. The number of nitrogens with zero attached hydrogens (tertiary/aromatic N) is 2.